The van der Waals surface area contributed by atoms with Crippen LogP contribution in [0.3, 0.4) is 0 Å². The van der Waals surface area contributed by atoms with Crippen LogP contribution in [0, 0.1) is 5.92 Å². The van der Waals surface area contributed by atoms with Crippen LogP contribution in [0.1, 0.15) is 38.4 Å². The van der Waals surface area contributed by atoms with Crippen molar-refractivity contribution in [3.63, 3.8) is 0 Å². The van der Waals surface area contributed by atoms with E-state index in [2.05, 4.69) is 25.9 Å². The lowest BCUT2D eigenvalue weighted by atomic mass is 10.0. The van der Waals surface area contributed by atoms with Gasteiger partial charge in [-0.05, 0) is 24.8 Å². The van der Waals surface area contributed by atoms with Gasteiger partial charge in [0.05, 0.1) is 12.4 Å². The molecule has 11 heteroatoms. The number of aromatic amines is 1. The van der Waals surface area contributed by atoms with Crippen molar-refractivity contribution < 1.29 is 24.3 Å². The standard InChI is InChI=1S/C24H34N6O5/c1-14(2)9-19(29-21(31)18(25)11-17-12-26-13-27-17)23(33)30-20(10-16-7-5-4-6-8-16)22(32)28-15(3)24(34)35/h4-8,12-15,18-20H,9-11,25H2,1-3H3,(H,26,27)(H,28,32)(H,29,31)(H,30,33)(H,34,35). The minimum absolute atomic E-state index is 0.0586. The summed E-state index contributed by atoms with van der Waals surface area (Å²) in [5.74, 6) is -2.84. The molecule has 35 heavy (non-hydrogen) atoms. The number of H-pyrrole nitrogens is 1. The number of amides is 3. The molecule has 3 amide bonds. The highest BCUT2D eigenvalue weighted by atomic mass is 16.4. The highest BCUT2D eigenvalue weighted by Crippen LogP contribution is 2.09. The molecule has 0 aliphatic carbocycles. The first-order valence-electron chi connectivity index (χ1n) is 11.5. The van der Waals surface area contributed by atoms with Crippen LogP contribution in [0.4, 0.5) is 0 Å². The second-order valence-corrected chi connectivity index (χ2v) is 8.90. The zero-order valence-electron chi connectivity index (χ0n) is 20.2. The summed E-state index contributed by atoms with van der Waals surface area (Å²) in [5, 5.41) is 16.9. The Kier molecular flexibility index (Phi) is 10.4. The van der Waals surface area contributed by atoms with Gasteiger partial charge in [0, 0.05) is 24.7 Å². The van der Waals surface area contributed by atoms with Crippen molar-refractivity contribution in [1.82, 2.24) is 25.9 Å². The third-order valence-electron chi connectivity index (χ3n) is 5.32. The number of hydrogen-bond donors (Lipinski definition) is 6. The molecule has 4 unspecified atom stereocenters. The molecule has 0 fully saturated rings. The number of carboxylic acid groups (broad SMARTS) is 1. The summed E-state index contributed by atoms with van der Waals surface area (Å²) in [6, 6.07) is 5.01. The molecule has 11 nitrogen and oxygen atoms in total. The van der Waals surface area contributed by atoms with Gasteiger partial charge < -0.3 is 31.8 Å². The predicted molar refractivity (Wildman–Crippen MR) is 129 cm³/mol. The highest BCUT2D eigenvalue weighted by Gasteiger charge is 2.30. The first-order chi connectivity index (χ1) is 16.6. The first-order valence-corrected chi connectivity index (χ1v) is 11.5. The predicted octanol–water partition coefficient (Wildman–Crippen LogP) is 0.127. The Balaban J connectivity index is 2.14. The van der Waals surface area contributed by atoms with Gasteiger partial charge in [-0.3, -0.25) is 19.2 Å². The second-order valence-electron chi connectivity index (χ2n) is 8.90. The Hall–Kier alpha value is -3.73. The van der Waals surface area contributed by atoms with E-state index in [0.29, 0.717) is 12.1 Å². The summed E-state index contributed by atoms with van der Waals surface area (Å²) in [7, 11) is 0. The lowest BCUT2D eigenvalue weighted by Gasteiger charge is -2.25. The maximum Gasteiger partial charge on any atom is 0.325 e. The minimum Gasteiger partial charge on any atom is -0.480 e. The van der Waals surface area contributed by atoms with Gasteiger partial charge in [0.25, 0.3) is 0 Å². The van der Waals surface area contributed by atoms with Crippen molar-refractivity contribution in [2.75, 3.05) is 0 Å². The van der Waals surface area contributed by atoms with Crippen molar-refractivity contribution >= 4 is 23.7 Å². The average molecular weight is 487 g/mol. The molecule has 1 aromatic carbocycles. The van der Waals surface area contributed by atoms with E-state index < -0.39 is 47.9 Å². The van der Waals surface area contributed by atoms with Crippen LogP contribution in [0.25, 0.3) is 0 Å². The van der Waals surface area contributed by atoms with Crippen LogP contribution in [0.15, 0.2) is 42.9 Å². The molecule has 1 heterocycles. The van der Waals surface area contributed by atoms with E-state index in [4.69, 9.17) is 10.8 Å². The molecule has 2 rings (SSSR count). The van der Waals surface area contributed by atoms with Crippen LogP contribution in [-0.2, 0) is 32.0 Å². The van der Waals surface area contributed by atoms with Gasteiger partial charge in [0.1, 0.15) is 18.1 Å². The molecule has 7 N–H and O–H groups in total. The monoisotopic (exact) mass is 486 g/mol. The lowest BCUT2D eigenvalue weighted by Crippen LogP contribution is -2.57. The number of hydrogen-bond acceptors (Lipinski definition) is 6. The van der Waals surface area contributed by atoms with Gasteiger partial charge in [-0.25, -0.2) is 4.98 Å². The molecule has 1 aromatic heterocycles. The number of rotatable bonds is 13. The van der Waals surface area contributed by atoms with E-state index in [0.717, 1.165) is 5.56 Å². The van der Waals surface area contributed by atoms with E-state index >= 15 is 0 Å². The summed E-state index contributed by atoms with van der Waals surface area (Å²) in [6.07, 6.45) is 3.73. The van der Waals surface area contributed by atoms with E-state index in [1.807, 2.05) is 19.9 Å². The van der Waals surface area contributed by atoms with E-state index in [1.54, 1.807) is 30.5 Å². The van der Waals surface area contributed by atoms with E-state index in [9.17, 15) is 19.2 Å². The summed E-state index contributed by atoms with van der Waals surface area (Å²) >= 11 is 0. The van der Waals surface area contributed by atoms with Crippen molar-refractivity contribution in [1.29, 1.82) is 0 Å². The summed E-state index contributed by atoms with van der Waals surface area (Å²) in [4.78, 5) is 56.7. The number of carbonyl (C=O) groups is 4. The summed E-state index contributed by atoms with van der Waals surface area (Å²) < 4.78 is 0. The topological polar surface area (TPSA) is 179 Å². The number of nitrogens with two attached hydrogens (primary N) is 1. The van der Waals surface area contributed by atoms with Gasteiger partial charge in [0.15, 0.2) is 0 Å². The molecule has 0 saturated carbocycles. The zero-order valence-corrected chi connectivity index (χ0v) is 20.2. The van der Waals surface area contributed by atoms with Crippen LogP contribution in [0.5, 0.6) is 0 Å². The minimum atomic E-state index is -1.20. The van der Waals surface area contributed by atoms with E-state index in [1.165, 1.54) is 13.3 Å². The maximum absolute atomic E-state index is 13.2. The number of benzene rings is 1. The molecule has 0 aliphatic heterocycles. The molecule has 0 spiro atoms. The van der Waals surface area contributed by atoms with Crippen molar-refractivity contribution in [3.05, 3.63) is 54.1 Å². The van der Waals surface area contributed by atoms with Gasteiger partial charge in [-0.2, -0.15) is 0 Å². The Morgan fingerprint density at radius 1 is 0.943 bits per heavy atom. The molecule has 0 aliphatic rings. The SMILES string of the molecule is CC(C)CC(NC(=O)C(N)Cc1cnc[nH]1)C(=O)NC(Cc1ccccc1)C(=O)NC(C)C(=O)O. The number of carbonyl (C=O) groups excluding carboxylic acids is 3. The van der Waals surface area contributed by atoms with Gasteiger partial charge in [-0.1, -0.05) is 44.2 Å². The number of nitrogens with one attached hydrogen (secondary N) is 4. The first kappa shape index (κ1) is 27.5. The molecule has 0 bridgehead atoms. The quantitative estimate of drug-likeness (QED) is 0.233. The van der Waals surface area contributed by atoms with Crippen LogP contribution in [-0.4, -0.2) is 62.9 Å². The van der Waals surface area contributed by atoms with Gasteiger partial charge >= 0.3 is 5.97 Å². The number of imidazole rings is 1. The third kappa shape index (κ3) is 9.20. The molecular formula is C24H34N6O5. The third-order valence-corrected chi connectivity index (χ3v) is 5.32. The van der Waals surface area contributed by atoms with Crippen LogP contribution < -0.4 is 21.7 Å². The van der Waals surface area contributed by atoms with Crippen molar-refractivity contribution in [3.8, 4) is 0 Å². The van der Waals surface area contributed by atoms with Crippen molar-refractivity contribution in [2.45, 2.75) is 64.2 Å². The Labute approximate surface area is 204 Å². The fourth-order valence-electron chi connectivity index (χ4n) is 3.41. The Bertz CT molecular complexity index is 980. The number of aliphatic carboxylic acids is 1. The summed E-state index contributed by atoms with van der Waals surface area (Å²) in [6.45, 7) is 5.14. The lowest BCUT2D eigenvalue weighted by molar-refractivity contribution is -0.141. The molecule has 0 radical (unpaired) electrons. The second kappa shape index (κ2) is 13.2. The summed E-state index contributed by atoms with van der Waals surface area (Å²) in [5.41, 5.74) is 7.48. The number of carboxylic acids is 1. The van der Waals surface area contributed by atoms with Crippen LogP contribution >= 0.6 is 0 Å². The van der Waals surface area contributed by atoms with E-state index in [-0.39, 0.29) is 18.8 Å². The van der Waals surface area contributed by atoms with Crippen molar-refractivity contribution in [2.24, 2.45) is 11.7 Å². The largest absolute Gasteiger partial charge is 0.480 e. The zero-order chi connectivity index (χ0) is 26.0. The highest BCUT2D eigenvalue weighted by molar-refractivity contribution is 5.94. The van der Waals surface area contributed by atoms with Gasteiger partial charge in [0.2, 0.25) is 17.7 Å². The molecule has 4 atom stereocenters. The number of aromatic nitrogens is 2. The molecular weight excluding hydrogens is 452 g/mol. The smallest absolute Gasteiger partial charge is 0.325 e. The maximum atomic E-state index is 13.2. The molecule has 2 aromatic rings. The molecule has 0 saturated heterocycles. The Morgan fingerprint density at radius 3 is 2.14 bits per heavy atom. The Morgan fingerprint density at radius 2 is 1.57 bits per heavy atom. The molecule has 190 valence electrons. The average Bonchev–Trinajstić information content (AvgIpc) is 3.31. The van der Waals surface area contributed by atoms with Gasteiger partial charge in [-0.15, -0.1) is 0 Å². The van der Waals surface area contributed by atoms with Crippen LogP contribution in [0.2, 0.25) is 0 Å². The fourth-order valence-corrected chi connectivity index (χ4v) is 3.41. The number of nitrogens with zero attached hydrogens (tertiary/aromatic N) is 1. The fraction of sp³-hybridized carbons (Fsp3) is 0.458. The normalized spacial score (nSPS) is 14.4.